The maximum atomic E-state index is 12.5. The Bertz CT molecular complexity index is 787. The Balaban J connectivity index is 1.60. The summed E-state index contributed by atoms with van der Waals surface area (Å²) in [6.07, 6.45) is 2.01. The number of carbonyl (C=O) groups is 1. The highest BCUT2D eigenvalue weighted by molar-refractivity contribution is 7.92. The zero-order valence-corrected chi connectivity index (χ0v) is 16.2. The molecule has 1 saturated heterocycles. The molecule has 1 heterocycles. The molecule has 0 aromatic heterocycles. The van der Waals surface area contributed by atoms with Gasteiger partial charge in [0.05, 0.1) is 5.41 Å². The molecule has 1 aliphatic carbocycles. The molecule has 0 bridgehead atoms. The van der Waals surface area contributed by atoms with Crippen LogP contribution in [-0.4, -0.2) is 54.0 Å². The molecule has 1 unspecified atom stereocenters. The lowest BCUT2D eigenvalue weighted by atomic mass is 10.1. The van der Waals surface area contributed by atoms with Crippen LogP contribution in [0.25, 0.3) is 6.08 Å². The number of hydrogen-bond donors (Lipinski definition) is 0. The lowest BCUT2D eigenvalue weighted by molar-refractivity contribution is -0.137. The quantitative estimate of drug-likeness (QED) is 0.727. The van der Waals surface area contributed by atoms with Crippen LogP contribution in [0.5, 0.6) is 0 Å². The molecule has 1 atom stereocenters. The number of benzene rings is 1. The van der Waals surface area contributed by atoms with Crippen LogP contribution in [-0.2, 0) is 14.8 Å². The molecule has 1 aromatic rings. The van der Waals surface area contributed by atoms with Crippen LogP contribution in [0.1, 0.15) is 18.9 Å². The first-order valence-corrected chi connectivity index (χ1v) is 10.3. The predicted molar refractivity (Wildman–Crippen MR) is 99.7 cm³/mol. The normalized spacial score (nSPS) is 26.8. The van der Waals surface area contributed by atoms with Gasteiger partial charge in [0.25, 0.3) is 0 Å². The van der Waals surface area contributed by atoms with Crippen molar-refractivity contribution < 1.29 is 13.2 Å². The van der Waals surface area contributed by atoms with Gasteiger partial charge in [-0.2, -0.15) is 4.31 Å². The topological polar surface area (TPSA) is 57.7 Å². The molecule has 136 valence electrons. The second kappa shape index (κ2) is 6.58. The van der Waals surface area contributed by atoms with Crippen LogP contribution in [0.2, 0.25) is 0 Å². The van der Waals surface area contributed by atoms with E-state index in [2.05, 4.69) is 0 Å². The zero-order valence-electron chi connectivity index (χ0n) is 13.9. The van der Waals surface area contributed by atoms with Crippen LogP contribution in [0, 0.1) is 5.41 Å². The van der Waals surface area contributed by atoms with E-state index in [0.717, 1.165) is 5.56 Å². The summed E-state index contributed by atoms with van der Waals surface area (Å²) in [5.74, 6) is -0.102. The smallest absolute Gasteiger partial charge is 0.236 e. The third kappa shape index (κ3) is 3.72. The first-order chi connectivity index (χ1) is 11.7. The fourth-order valence-electron chi connectivity index (χ4n) is 2.94. The average Bonchev–Trinajstić information content (AvgIpc) is 3.13. The monoisotopic (exact) mass is 402 g/mol. The maximum absolute atomic E-state index is 12.5. The second-order valence-electron chi connectivity index (χ2n) is 6.66. The summed E-state index contributed by atoms with van der Waals surface area (Å²) in [5.41, 5.74) is 0.0618. The SMILES string of the molecule is CC1(C(=O)N2CCN(S(=O)(=O)/C=C/c3ccccc3)CC2)CC1(Cl)Cl. The van der Waals surface area contributed by atoms with Crippen molar-refractivity contribution in [2.24, 2.45) is 5.41 Å². The van der Waals surface area contributed by atoms with Crippen molar-refractivity contribution in [3.63, 3.8) is 0 Å². The average molecular weight is 403 g/mol. The van der Waals surface area contributed by atoms with E-state index in [9.17, 15) is 13.2 Å². The lowest BCUT2D eigenvalue weighted by Crippen LogP contribution is -2.52. The third-order valence-electron chi connectivity index (χ3n) is 4.85. The molecular formula is C17H20Cl2N2O3S. The summed E-state index contributed by atoms with van der Waals surface area (Å²) >= 11 is 12.1. The van der Waals surface area contributed by atoms with E-state index in [1.54, 1.807) is 17.9 Å². The van der Waals surface area contributed by atoms with E-state index in [4.69, 9.17) is 23.2 Å². The standard InChI is InChI=1S/C17H20Cl2N2O3S/c1-16(13-17(16,18)19)15(22)20-8-10-21(11-9-20)25(23,24)12-7-14-5-3-2-4-6-14/h2-7,12H,8-11,13H2,1H3/b12-7+. The molecule has 25 heavy (non-hydrogen) atoms. The maximum Gasteiger partial charge on any atom is 0.236 e. The highest BCUT2D eigenvalue weighted by Gasteiger charge is 2.68. The second-order valence-corrected chi connectivity index (χ2v) is 9.97. The Morgan fingerprint density at radius 3 is 2.20 bits per heavy atom. The first kappa shape index (κ1) is 18.7. The summed E-state index contributed by atoms with van der Waals surface area (Å²) in [5, 5.41) is 1.21. The molecule has 0 spiro atoms. The minimum absolute atomic E-state index is 0.102. The van der Waals surface area contributed by atoms with Crippen LogP contribution in [0.4, 0.5) is 0 Å². The third-order valence-corrected chi connectivity index (χ3v) is 7.51. The Morgan fingerprint density at radius 1 is 1.12 bits per heavy atom. The van der Waals surface area contributed by atoms with Crippen molar-refractivity contribution in [1.29, 1.82) is 0 Å². The zero-order chi connectivity index (χ0) is 18.3. The van der Waals surface area contributed by atoms with Crippen LogP contribution in [0.15, 0.2) is 35.7 Å². The number of nitrogens with zero attached hydrogens (tertiary/aromatic N) is 2. The molecule has 1 aromatic carbocycles. The van der Waals surface area contributed by atoms with Crippen molar-refractivity contribution >= 4 is 45.2 Å². The number of halogens is 2. The molecule has 1 saturated carbocycles. The van der Waals surface area contributed by atoms with Crippen LogP contribution < -0.4 is 0 Å². The van der Waals surface area contributed by atoms with Crippen molar-refractivity contribution in [3.05, 3.63) is 41.3 Å². The molecular weight excluding hydrogens is 383 g/mol. The van der Waals surface area contributed by atoms with Gasteiger partial charge in [-0.1, -0.05) is 30.3 Å². The number of hydrogen-bond acceptors (Lipinski definition) is 3. The Kier molecular flexibility index (Phi) is 4.92. The lowest BCUT2D eigenvalue weighted by Gasteiger charge is -2.35. The highest BCUT2D eigenvalue weighted by atomic mass is 35.5. The fourth-order valence-corrected chi connectivity index (χ4v) is 4.81. The number of amides is 1. The molecule has 2 aliphatic rings. The van der Waals surface area contributed by atoms with E-state index in [1.807, 2.05) is 30.3 Å². The van der Waals surface area contributed by atoms with Gasteiger partial charge in [0, 0.05) is 31.6 Å². The molecule has 2 fully saturated rings. The number of piperazine rings is 1. The largest absolute Gasteiger partial charge is 0.339 e. The van der Waals surface area contributed by atoms with Crippen molar-refractivity contribution in [2.45, 2.75) is 17.7 Å². The van der Waals surface area contributed by atoms with Gasteiger partial charge < -0.3 is 4.90 Å². The minimum atomic E-state index is -3.51. The van der Waals surface area contributed by atoms with E-state index in [1.165, 1.54) is 9.71 Å². The number of alkyl halides is 2. The molecule has 1 amide bonds. The van der Waals surface area contributed by atoms with Gasteiger partial charge in [-0.3, -0.25) is 4.79 Å². The number of sulfonamides is 1. The summed E-state index contributed by atoms with van der Waals surface area (Å²) in [4.78, 5) is 14.2. The predicted octanol–water partition coefficient (Wildman–Crippen LogP) is 2.72. The molecule has 0 radical (unpaired) electrons. The first-order valence-electron chi connectivity index (χ1n) is 8.06. The summed E-state index contributed by atoms with van der Waals surface area (Å²) < 4.78 is 25.3. The summed E-state index contributed by atoms with van der Waals surface area (Å²) in [6.45, 7) is 2.97. The Labute approximate surface area is 158 Å². The Morgan fingerprint density at radius 2 is 1.68 bits per heavy atom. The van der Waals surface area contributed by atoms with Crippen LogP contribution >= 0.6 is 23.2 Å². The van der Waals surface area contributed by atoms with Crippen LogP contribution in [0.3, 0.4) is 0 Å². The molecule has 1 aliphatic heterocycles. The van der Waals surface area contributed by atoms with Gasteiger partial charge in [-0.25, -0.2) is 8.42 Å². The van der Waals surface area contributed by atoms with E-state index in [0.29, 0.717) is 19.5 Å². The number of carbonyl (C=O) groups excluding carboxylic acids is 1. The minimum Gasteiger partial charge on any atom is -0.339 e. The van der Waals surface area contributed by atoms with E-state index in [-0.39, 0.29) is 19.0 Å². The highest BCUT2D eigenvalue weighted by Crippen LogP contribution is 2.64. The van der Waals surface area contributed by atoms with Crippen molar-refractivity contribution in [3.8, 4) is 0 Å². The van der Waals surface area contributed by atoms with Gasteiger partial charge >= 0.3 is 0 Å². The number of rotatable bonds is 4. The van der Waals surface area contributed by atoms with Gasteiger partial charge in [-0.05, 0) is 25.0 Å². The molecule has 3 rings (SSSR count). The van der Waals surface area contributed by atoms with Gasteiger partial charge in [0.2, 0.25) is 15.9 Å². The van der Waals surface area contributed by atoms with Gasteiger partial charge in [0.1, 0.15) is 4.33 Å². The summed E-state index contributed by atoms with van der Waals surface area (Å²) in [6, 6.07) is 9.25. The Hall–Kier alpha value is -1.08. The molecule has 8 heteroatoms. The summed E-state index contributed by atoms with van der Waals surface area (Å²) in [7, 11) is -3.51. The van der Waals surface area contributed by atoms with Crippen molar-refractivity contribution in [2.75, 3.05) is 26.2 Å². The van der Waals surface area contributed by atoms with Crippen molar-refractivity contribution in [1.82, 2.24) is 9.21 Å². The van der Waals surface area contributed by atoms with Gasteiger partial charge in [0.15, 0.2) is 0 Å². The van der Waals surface area contributed by atoms with E-state index >= 15 is 0 Å². The van der Waals surface area contributed by atoms with Gasteiger partial charge in [-0.15, -0.1) is 23.2 Å². The van der Waals surface area contributed by atoms with E-state index < -0.39 is 19.8 Å². The molecule has 5 nitrogen and oxygen atoms in total. The molecule has 0 N–H and O–H groups in total. The fraction of sp³-hybridized carbons (Fsp3) is 0.471.